The number of nitrogens with two attached hydrogens (primary N) is 2. The molecule has 94 valence electrons. The highest BCUT2D eigenvalue weighted by atomic mass is 16.1. The van der Waals surface area contributed by atoms with Crippen LogP contribution in [0.25, 0.3) is 16.6 Å². The predicted octanol–water partition coefficient (Wildman–Crippen LogP) is 1.10. The van der Waals surface area contributed by atoms with Gasteiger partial charge >= 0.3 is 0 Å². The molecule has 6 heteroatoms. The van der Waals surface area contributed by atoms with Crippen LogP contribution in [0.3, 0.4) is 0 Å². The summed E-state index contributed by atoms with van der Waals surface area (Å²) in [5, 5.41) is 4.99. The third-order valence-corrected chi connectivity index (χ3v) is 2.87. The van der Waals surface area contributed by atoms with Crippen molar-refractivity contribution in [3.05, 3.63) is 48.4 Å². The summed E-state index contributed by atoms with van der Waals surface area (Å²) in [6.07, 6.45) is 4.54. The molecule has 3 rings (SSSR count). The normalized spacial score (nSPS) is 10.7. The summed E-state index contributed by atoms with van der Waals surface area (Å²) >= 11 is 0. The average molecular weight is 253 g/mol. The van der Waals surface area contributed by atoms with E-state index in [-0.39, 0.29) is 0 Å². The second-order valence-electron chi connectivity index (χ2n) is 4.12. The fourth-order valence-electron chi connectivity index (χ4n) is 1.97. The SMILES string of the molecule is NC(=O)c1cnn(-c2c(N)cnc3ccccc23)c1. The Balaban J connectivity index is 2.28. The molecule has 19 heavy (non-hydrogen) atoms. The van der Waals surface area contributed by atoms with E-state index in [1.54, 1.807) is 17.1 Å². The average Bonchev–Trinajstić information content (AvgIpc) is 2.88. The highest BCUT2D eigenvalue weighted by molar-refractivity contribution is 5.94. The lowest BCUT2D eigenvalue weighted by Gasteiger charge is -2.08. The van der Waals surface area contributed by atoms with Gasteiger partial charge < -0.3 is 11.5 Å². The van der Waals surface area contributed by atoms with Crippen molar-refractivity contribution in [2.75, 3.05) is 5.73 Å². The minimum absolute atomic E-state index is 0.334. The second-order valence-corrected chi connectivity index (χ2v) is 4.12. The van der Waals surface area contributed by atoms with Crippen LogP contribution in [0.15, 0.2) is 42.9 Å². The number of nitrogen functional groups attached to an aromatic ring is 1. The third-order valence-electron chi connectivity index (χ3n) is 2.87. The number of carbonyl (C=O) groups is 1. The van der Waals surface area contributed by atoms with Gasteiger partial charge in [0.2, 0.25) is 0 Å². The standard InChI is InChI=1S/C13H11N5O/c14-10-6-16-11-4-2-1-3-9(11)12(10)18-7-8(5-17-18)13(15)19/h1-7H,14H2,(H2,15,19). The highest BCUT2D eigenvalue weighted by Gasteiger charge is 2.11. The molecule has 0 aliphatic rings. The van der Waals surface area contributed by atoms with E-state index in [0.29, 0.717) is 16.9 Å². The lowest BCUT2D eigenvalue weighted by Crippen LogP contribution is -2.09. The first kappa shape index (κ1) is 11.2. The van der Waals surface area contributed by atoms with Crippen LogP contribution < -0.4 is 11.5 Å². The van der Waals surface area contributed by atoms with E-state index in [1.807, 2.05) is 24.3 Å². The first-order valence-electron chi connectivity index (χ1n) is 5.65. The Kier molecular flexibility index (Phi) is 2.42. The molecule has 4 N–H and O–H groups in total. The van der Waals surface area contributed by atoms with Crippen LogP contribution >= 0.6 is 0 Å². The Morgan fingerprint density at radius 1 is 1.21 bits per heavy atom. The zero-order valence-corrected chi connectivity index (χ0v) is 9.95. The molecule has 0 unspecified atom stereocenters. The molecule has 0 bridgehead atoms. The van der Waals surface area contributed by atoms with E-state index >= 15 is 0 Å². The molecular weight excluding hydrogens is 242 g/mol. The van der Waals surface area contributed by atoms with Gasteiger partial charge in [-0.05, 0) is 6.07 Å². The van der Waals surface area contributed by atoms with Crippen LogP contribution in [-0.2, 0) is 0 Å². The van der Waals surface area contributed by atoms with Crippen LogP contribution in [0.1, 0.15) is 10.4 Å². The topological polar surface area (TPSA) is 99.8 Å². The molecule has 0 saturated heterocycles. The van der Waals surface area contributed by atoms with Crippen LogP contribution in [0.2, 0.25) is 0 Å². The van der Waals surface area contributed by atoms with E-state index in [2.05, 4.69) is 10.1 Å². The van der Waals surface area contributed by atoms with Crippen molar-refractivity contribution in [3.8, 4) is 5.69 Å². The minimum atomic E-state index is -0.525. The number of para-hydroxylation sites is 1. The van der Waals surface area contributed by atoms with Crippen molar-refractivity contribution in [2.45, 2.75) is 0 Å². The number of hydrogen-bond donors (Lipinski definition) is 2. The molecule has 0 radical (unpaired) electrons. The van der Waals surface area contributed by atoms with Gasteiger partial charge in [0.05, 0.1) is 34.8 Å². The van der Waals surface area contributed by atoms with Gasteiger partial charge in [0.1, 0.15) is 0 Å². The molecule has 2 heterocycles. The molecule has 0 aliphatic carbocycles. The monoisotopic (exact) mass is 253 g/mol. The summed E-state index contributed by atoms with van der Waals surface area (Å²) in [6.45, 7) is 0. The largest absolute Gasteiger partial charge is 0.396 e. The quantitative estimate of drug-likeness (QED) is 0.714. The van der Waals surface area contributed by atoms with E-state index in [4.69, 9.17) is 11.5 Å². The van der Waals surface area contributed by atoms with Crippen LogP contribution in [-0.4, -0.2) is 20.7 Å². The third kappa shape index (κ3) is 1.79. The van der Waals surface area contributed by atoms with Crippen molar-refractivity contribution in [1.82, 2.24) is 14.8 Å². The molecule has 1 amide bonds. The minimum Gasteiger partial charge on any atom is -0.396 e. The Bertz CT molecular complexity index is 778. The number of primary amides is 1. The van der Waals surface area contributed by atoms with Crippen LogP contribution in [0.4, 0.5) is 5.69 Å². The highest BCUT2D eigenvalue weighted by Crippen LogP contribution is 2.25. The zero-order valence-electron chi connectivity index (χ0n) is 9.95. The maximum absolute atomic E-state index is 11.1. The summed E-state index contributed by atoms with van der Waals surface area (Å²) in [5.41, 5.74) is 13.5. The lowest BCUT2D eigenvalue weighted by molar-refractivity contribution is 0.100. The molecule has 0 spiro atoms. The van der Waals surface area contributed by atoms with Gasteiger partial charge in [-0.25, -0.2) is 4.68 Å². The lowest BCUT2D eigenvalue weighted by atomic mass is 10.1. The van der Waals surface area contributed by atoms with Gasteiger partial charge in [0.15, 0.2) is 0 Å². The van der Waals surface area contributed by atoms with Gasteiger partial charge in [0, 0.05) is 11.6 Å². The van der Waals surface area contributed by atoms with Gasteiger partial charge in [-0.1, -0.05) is 18.2 Å². The number of carbonyl (C=O) groups excluding carboxylic acids is 1. The molecule has 0 aliphatic heterocycles. The molecule has 6 nitrogen and oxygen atoms in total. The van der Waals surface area contributed by atoms with Gasteiger partial charge in [-0.3, -0.25) is 9.78 Å². The van der Waals surface area contributed by atoms with Crippen molar-refractivity contribution in [2.24, 2.45) is 5.73 Å². The number of fused-ring (bicyclic) bond motifs is 1. The first-order chi connectivity index (χ1) is 9.16. The van der Waals surface area contributed by atoms with Crippen molar-refractivity contribution < 1.29 is 4.79 Å². The summed E-state index contributed by atoms with van der Waals surface area (Å²) in [7, 11) is 0. The molecular formula is C13H11N5O. The number of amides is 1. The summed E-state index contributed by atoms with van der Waals surface area (Å²) < 4.78 is 1.54. The molecule has 0 saturated carbocycles. The maximum Gasteiger partial charge on any atom is 0.251 e. The van der Waals surface area contributed by atoms with E-state index in [1.165, 1.54) is 6.20 Å². The van der Waals surface area contributed by atoms with Crippen LogP contribution in [0, 0.1) is 0 Å². The first-order valence-corrected chi connectivity index (χ1v) is 5.65. The van der Waals surface area contributed by atoms with Crippen molar-refractivity contribution in [1.29, 1.82) is 0 Å². The fraction of sp³-hybridized carbons (Fsp3) is 0. The summed E-state index contributed by atoms with van der Waals surface area (Å²) in [5.74, 6) is -0.525. The van der Waals surface area contributed by atoms with Crippen LogP contribution in [0.5, 0.6) is 0 Å². The van der Waals surface area contributed by atoms with E-state index in [9.17, 15) is 4.79 Å². The maximum atomic E-state index is 11.1. The second kappa shape index (κ2) is 4.09. The number of pyridine rings is 1. The number of hydrogen-bond acceptors (Lipinski definition) is 4. The van der Waals surface area contributed by atoms with Crippen molar-refractivity contribution in [3.63, 3.8) is 0 Å². The number of anilines is 1. The zero-order chi connectivity index (χ0) is 13.4. The number of benzene rings is 1. The molecule has 0 fully saturated rings. The van der Waals surface area contributed by atoms with Gasteiger partial charge in [0.25, 0.3) is 5.91 Å². The summed E-state index contributed by atoms with van der Waals surface area (Å²) in [4.78, 5) is 15.4. The number of nitrogens with zero attached hydrogens (tertiary/aromatic N) is 3. The Morgan fingerprint density at radius 3 is 2.74 bits per heavy atom. The van der Waals surface area contributed by atoms with E-state index < -0.39 is 5.91 Å². The van der Waals surface area contributed by atoms with Gasteiger partial charge in [-0.2, -0.15) is 5.10 Å². The number of rotatable bonds is 2. The fourth-order valence-corrected chi connectivity index (χ4v) is 1.97. The Labute approximate surface area is 108 Å². The molecule has 2 aromatic heterocycles. The summed E-state index contributed by atoms with van der Waals surface area (Å²) in [6, 6.07) is 7.58. The smallest absolute Gasteiger partial charge is 0.251 e. The van der Waals surface area contributed by atoms with Gasteiger partial charge in [-0.15, -0.1) is 0 Å². The Morgan fingerprint density at radius 2 is 2.00 bits per heavy atom. The molecule has 0 atom stereocenters. The Hall–Kier alpha value is -2.89. The predicted molar refractivity (Wildman–Crippen MR) is 71.8 cm³/mol. The number of aromatic nitrogens is 3. The van der Waals surface area contributed by atoms with E-state index in [0.717, 1.165) is 10.9 Å². The van der Waals surface area contributed by atoms with Crippen molar-refractivity contribution >= 4 is 22.5 Å². The molecule has 3 aromatic rings. The molecule has 1 aromatic carbocycles.